The van der Waals surface area contributed by atoms with Crippen molar-refractivity contribution in [3.8, 4) is 0 Å². The Morgan fingerprint density at radius 2 is 2.10 bits per heavy atom. The zero-order valence-corrected chi connectivity index (χ0v) is 13.5. The average molecular weight is 343 g/mol. The van der Waals surface area contributed by atoms with Crippen LogP contribution in [0.3, 0.4) is 0 Å². The second kappa shape index (κ2) is 5.24. The highest BCUT2D eigenvalue weighted by atomic mass is 79.9. The Bertz CT molecular complexity index is 553. The molecule has 0 unspecified atom stereocenters. The van der Waals surface area contributed by atoms with Crippen LogP contribution in [0.2, 0.25) is 0 Å². The van der Waals surface area contributed by atoms with Gasteiger partial charge in [-0.15, -0.1) is 0 Å². The Morgan fingerprint density at radius 1 is 1.45 bits per heavy atom. The largest absolute Gasteiger partial charge is 0.481 e. The molecule has 1 aliphatic rings. The third kappa shape index (κ3) is 2.61. The van der Waals surface area contributed by atoms with E-state index in [-0.39, 0.29) is 18.5 Å². The van der Waals surface area contributed by atoms with Crippen molar-refractivity contribution in [3.05, 3.63) is 22.4 Å². The van der Waals surface area contributed by atoms with E-state index in [0.717, 1.165) is 4.47 Å². The molecule has 0 aromatic carbocycles. The fourth-order valence-corrected chi connectivity index (χ4v) is 2.95. The van der Waals surface area contributed by atoms with Crippen LogP contribution in [0.1, 0.15) is 43.7 Å². The van der Waals surface area contributed by atoms with Crippen molar-refractivity contribution in [1.82, 2.24) is 9.47 Å². The molecule has 0 spiro atoms. The molecule has 1 amide bonds. The van der Waals surface area contributed by atoms with E-state index in [1.165, 1.54) is 0 Å². The standard InChI is InChI=1S/C14H19BrN2O3/c1-9(2)17-7-10(15)6-11(17)12(18)16-5-4-14(3,8-16)13(19)20/h6-7,9H,4-5,8H2,1-3H3,(H,19,20)/t14-/m1/s1. The van der Waals surface area contributed by atoms with Crippen molar-refractivity contribution in [2.24, 2.45) is 5.41 Å². The van der Waals surface area contributed by atoms with Crippen molar-refractivity contribution in [2.75, 3.05) is 13.1 Å². The van der Waals surface area contributed by atoms with Crippen LogP contribution in [0.4, 0.5) is 0 Å². The highest BCUT2D eigenvalue weighted by molar-refractivity contribution is 9.10. The first-order valence-corrected chi connectivity index (χ1v) is 7.44. The van der Waals surface area contributed by atoms with E-state index in [1.54, 1.807) is 17.9 Å². The average Bonchev–Trinajstić information content (AvgIpc) is 2.93. The monoisotopic (exact) mass is 342 g/mol. The summed E-state index contributed by atoms with van der Waals surface area (Å²) in [5.74, 6) is -0.942. The SMILES string of the molecule is CC(C)n1cc(Br)cc1C(=O)N1CC[C@@](C)(C(=O)O)C1. The Morgan fingerprint density at radius 3 is 2.60 bits per heavy atom. The predicted octanol–water partition coefficient (Wildman–Crippen LogP) is 2.77. The Kier molecular flexibility index (Phi) is 3.95. The summed E-state index contributed by atoms with van der Waals surface area (Å²) >= 11 is 3.39. The topological polar surface area (TPSA) is 62.5 Å². The van der Waals surface area contributed by atoms with E-state index in [0.29, 0.717) is 18.7 Å². The lowest BCUT2D eigenvalue weighted by Gasteiger charge is -2.21. The predicted molar refractivity (Wildman–Crippen MR) is 78.8 cm³/mol. The summed E-state index contributed by atoms with van der Waals surface area (Å²) in [5.41, 5.74) is -0.233. The van der Waals surface area contributed by atoms with Gasteiger partial charge < -0.3 is 14.6 Å². The summed E-state index contributed by atoms with van der Waals surface area (Å²) in [6, 6.07) is 1.97. The number of carbonyl (C=O) groups excluding carboxylic acids is 1. The molecule has 20 heavy (non-hydrogen) atoms. The third-order valence-electron chi connectivity index (χ3n) is 3.87. The maximum atomic E-state index is 12.6. The van der Waals surface area contributed by atoms with Crippen molar-refractivity contribution >= 4 is 27.8 Å². The molecular weight excluding hydrogens is 324 g/mol. The van der Waals surface area contributed by atoms with E-state index in [9.17, 15) is 14.7 Å². The Hall–Kier alpha value is -1.30. The summed E-state index contributed by atoms with van der Waals surface area (Å²) in [6.45, 7) is 6.47. The molecule has 0 aliphatic carbocycles. The van der Waals surface area contributed by atoms with Gasteiger partial charge in [-0.25, -0.2) is 0 Å². The van der Waals surface area contributed by atoms with Crippen LogP contribution in [-0.2, 0) is 4.79 Å². The molecule has 1 aromatic heterocycles. The molecular formula is C14H19BrN2O3. The van der Waals surface area contributed by atoms with Crippen molar-refractivity contribution in [3.63, 3.8) is 0 Å². The molecule has 110 valence electrons. The van der Waals surface area contributed by atoms with Gasteiger partial charge in [0, 0.05) is 29.8 Å². The second-order valence-corrected chi connectivity index (χ2v) is 6.80. The second-order valence-electron chi connectivity index (χ2n) is 5.89. The van der Waals surface area contributed by atoms with Crippen LogP contribution in [-0.4, -0.2) is 39.5 Å². The third-order valence-corrected chi connectivity index (χ3v) is 4.30. The molecule has 1 atom stereocenters. The zero-order valence-electron chi connectivity index (χ0n) is 11.9. The molecule has 5 nitrogen and oxygen atoms in total. The van der Waals surface area contributed by atoms with Crippen molar-refractivity contribution in [2.45, 2.75) is 33.2 Å². The molecule has 1 N–H and O–H groups in total. The fraction of sp³-hybridized carbons (Fsp3) is 0.571. The van der Waals surface area contributed by atoms with Gasteiger partial charge in [0.1, 0.15) is 5.69 Å². The Balaban J connectivity index is 2.24. The van der Waals surface area contributed by atoms with E-state index < -0.39 is 11.4 Å². The van der Waals surface area contributed by atoms with Gasteiger partial charge in [-0.2, -0.15) is 0 Å². The van der Waals surface area contributed by atoms with Crippen LogP contribution < -0.4 is 0 Å². The van der Waals surface area contributed by atoms with Gasteiger partial charge in [-0.1, -0.05) is 0 Å². The number of carboxylic acids is 1. The van der Waals surface area contributed by atoms with Crippen molar-refractivity contribution in [1.29, 1.82) is 0 Å². The lowest BCUT2D eigenvalue weighted by Crippen LogP contribution is -2.35. The van der Waals surface area contributed by atoms with E-state index in [1.807, 2.05) is 24.6 Å². The molecule has 1 saturated heterocycles. The number of carboxylic acid groups (broad SMARTS) is 1. The summed E-state index contributed by atoms with van der Waals surface area (Å²) in [4.78, 5) is 25.5. The minimum atomic E-state index is -0.840. The maximum absolute atomic E-state index is 12.6. The summed E-state index contributed by atoms with van der Waals surface area (Å²) in [6.07, 6.45) is 2.38. The quantitative estimate of drug-likeness (QED) is 0.918. The van der Waals surface area contributed by atoms with E-state index in [2.05, 4.69) is 15.9 Å². The molecule has 2 heterocycles. The zero-order chi connectivity index (χ0) is 15.1. The van der Waals surface area contributed by atoms with Crippen molar-refractivity contribution < 1.29 is 14.7 Å². The summed E-state index contributed by atoms with van der Waals surface area (Å²) in [7, 11) is 0. The first kappa shape index (κ1) is 15.1. The molecule has 2 rings (SSSR count). The minimum absolute atomic E-state index is 0.102. The lowest BCUT2D eigenvalue weighted by molar-refractivity contribution is -0.147. The number of halogens is 1. The molecule has 1 aromatic rings. The first-order chi connectivity index (χ1) is 9.24. The molecule has 6 heteroatoms. The van der Waals surface area contributed by atoms with Gasteiger partial charge in [0.2, 0.25) is 0 Å². The normalized spacial score (nSPS) is 22.6. The van der Waals surface area contributed by atoms with Crippen LogP contribution in [0.15, 0.2) is 16.7 Å². The molecule has 0 saturated carbocycles. The number of hydrogen-bond acceptors (Lipinski definition) is 2. The number of rotatable bonds is 3. The Labute approximate surface area is 126 Å². The van der Waals surface area contributed by atoms with Crippen LogP contribution >= 0.6 is 15.9 Å². The summed E-state index contributed by atoms with van der Waals surface area (Å²) < 4.78 is 2.76. The van der Waals surface area contributed by atoms with Gasteiger partial charge >= 0.3 is 5.97 Å². The summed E-state index contributed by atoms with van der Waals surface area (Å²) in [5, 5.41) is 9.24. The first-order valence-electron chi connectivity index (χ1n) is 6.64. The smallest absolute Gasteiger partial charge is 0.311 e. The minimum Gasteiger partial charge on any atom is -0.481 e. The van der Waals surface area contributed by atoms with Gasteiger partial charge in [0.15, 0.2) is 0 Å². The highest BCUT2D eigenvalue weighted by Crippen LogP contribution is 2.31. The fourth-order valence-electron chi connectivity index (χ4n) is 2.52. The molecule has 1 fully saturated rings. The van der Waals surface area contributed by atoms with Crippen LogP contribution in [0, 0.1) is 5.41 Å². The highest BCUT2D eigenvalue weighted by Gasteiger charge is 2.42. The van der Waals surface area contributed by atoms with Gasteiger partial charge in [-0.3, -0.25) is 9.59 Å². The van der Waals surface area contributed by atoms with Gasteiger partial charge in [0.05, 0.1) is 5.41 Å². The van der Waals surface area contributed by atoms with Crippen LogP contribution in [0.25, 0.3) is 0 Å². The van der Waals surface area contributed by atoms with E-state index in [4.69, 9.17) is 0 Å². The number of carbonyl (C=O) groups is 2. The van der Waals surface area contributed by atoms with Crippen LogP contribution in [0.5, 0.6) is 0 Å². The number of aromatic nitrogens is 1. The lowest BCUT2D eigenvalue weighted by atomic mass is 9.90. The van der Waals surface area contributed by atoms with E-state index >= 15 is 0 Å². The number of likely N-dealkylation sites (tertiary alicyclic amines) is 1. The maximum Gasteiger partial charge on any atom is 0.311 e. The molecule has 0 radical (unpaired) electrons. The number of aliphatic carboxylic acids is 1. The molecule has 1 aliphatic heterocycles. The molecule has 0 bridgehead atoms. The van der Waals surface area contributed by atoms with Gasteiger partial charge in [-0.05, 0) is 49.2 Å². The number of nitrogens with zero attached hydrogens (tertiary/aromatic N) is 2. The van der Waals surface area contributed by atoms with Gasteiger partial charge in [0.25, 0.3) is 5.91 Å². The number of hydrogen-bond donors (Lipinski definition) is 1. The number of amides is 1.